The summed E-state index contributed by atoms with van der Waals surface area (Å²) in [6.07, 6.45) is -1.65. The molecule has 1 heterocycles. The van der Waals surface area contributed by atoms with Crippen LogP contribution < -0.4 is 5.73 Å². The third-order valence-electron chi connectivity index (χ3n) is 2.08. The molecular formula is C9H13F2N3O3S. The van der Waals surface area contributed by atoms with Crippen molar-refractivity contribution >= 4 is 15.7 Å². The monoisotopic (exact) mass is 281 g/mol. The van der Waals surface area contributed by atoms with Gasteiger partial charge in [0.25, 0.3) is 16.4 Å². The van der Waals surface area contributed by atoms with Crippen LogP contribution in [0.25, 0.3) is 0 Å². The molecule has 9 heteroatoms. The standard InChI is InChI=1S/C9H13F2N3O3S/c10-8(11)6-14(4-5-15)18(16,17)9-7(12)2-1-3-13-9/h1-3,8,15H,4-6,12H2. The van der Waals surface area contributed by atoms with Crippen molar-refractivity contribution in [3.8, 4) is 0 Å². The van der Waals surface area contributed by atoms with Gasteiger partial charge in [0.15, 0.2) is 5.03 Å². The number of sulfonamides is 1. The zero-order chi connectivity index (χ0) is 13.8. The first-order valence-corrected chi connectivity index (χ1v) is 6.43. The quantitative estimate of drug-likeness (QED) is 0.759. The van der Waals surface area contributed by atoms with E-state index in [1.165, 1.54) is 18.3 Å². The normalized spacial score (nSPS) is 12.3. The van der Waals surface area contributed by atoms with Crippen molar-refractivity contribution in [2.45, 2.75) is 11.5 Å². The van der Waals surface area contributed by atoms with Gasteiger partial charge in [0.2, 0.25) is 0 Å². The molecule has 0 radical (unpaired) electrons. The molecular weight excluding hydrogens is 268 g/mol. The first-order valence-electron chi connectivity index (χ1n) is 4.99. The summed E-state index contributed by atoms with van der Waals surface area (Å²) in [6.45, 7) is -2.03. The van der Waals surface area contributed by atoms with Crippen LogP contribution in [0.4, 0.5) is 14.5 Å². The van der Waals surface area contributed by atoms with Crippen molar-refractivity contribution < 1.29 is 22.3 Å². The minimum atomic E-state index is -4.23. The summed E-state index contributed by atoms with van der Waals surface area (Å²) in [7, 11) is -4.23. The van der Waals surface area contributed by atoms with Crippen LogP contribution in [-0.2, 0) is 10.0 Å². The van der Waals surface area contributed by atoms with Gasteiger partial charge in [-0.3, -0.25) is 0 Å². The van der Waals surface area contributed by atoms with E-state index in [0.717, 1.165) is 0 Å². The van der Waals surface area contributed by atoms with E-state index in [9.17, 15) is 17.2 Å². The Morgan fingerprint density at radius 2 is 2.17 bits per heavy atom. The van der Waals surface area contributed by atoms with E-state index < -0.39 is 41.2 Å². The molecule has 1 aromatic heterocycles. The fraction of sp³-hybridized carbons (Fsp3) is 0.444. The van der Waals surface area contributed by atoms with Crippen molar-refractivity contribution in [3.63, 3.8) is 0 Å². The van der Waals surface area contributed by atoms with Crippen LogP contribution in [0.3, 0.4) is 0 Å². The molecule has 1 aromatic rings. The Morgan fingerprint density at radius 1 is 1.50 bits per heavy atom. The summed E-state index contributed by atoms with van der Waals surface area (Å²) >= 11 is 0. The summed E-state index contributed by atoms with van der Waals surface area (Å²) in [6, 6.07) is 2.73. The Labute approximate surface area is 103 Å². The minimum Gasteiger partial charge on any atom is -0.396 e. The molecule has 0 bridgehead atoms. The fourth-order valence-electron chi connectivity index (χ4n) is 1.32. The Kier molecular flexibility index (Phi) is 4.93. The molecule has 0 aliphatic rings. The maximum Gasteiger partial charge on any atom is 0.262 e. The molecule has 0 saturated carbocycles. The lowest BCUT2D eigenvalue weighted by Crippen LogP contribution is -2.37. The van der Waals surface area contributed by atoms with Crippen LogP contribution in [0.1, 0.15) is 0 Å². The van der Waals surface area contributed by atoms with Crippen LogP contribution >= 0.6 is 0 Å². The van der Waals surface area contributed by atoms with Crippen LogP contribution in [0.5, 0.6) is 0 Å². The second kappa shape index (κ2) is 6.03. The number of nitrogens with two attached hydrogens (primary N) is 1. The molecule has 18 heavy (non-hydrogen) atoms. The highest BCUT2D eigenvalue weighted by molar-refractivity contribution is 7.89. The van der Waals surface area contributed by atoms with Gasteiger partial charge < -0.3 is 10.8 Å². The maximum atomic E-state index is 12.3. The lowest BCUT2D eigenvalue weighted by molar-refractivity contribution is 0.113. The van der Waals surface area contributed by atoms with Gasteiger partial charge in [0.1, 0.15) is 0 Å². The highest BCUT2D eigenvalue weighted by atomic mass is 32.2. The number of pyridine rings is 1. The molecule has 0 aliphatic carbocycles. The third-order valence-corrected chi connectivity index (χ3v) is 3.92. The van der Waals surface area contributed by atoms with E-state index in [1.807, 2.05) is 0 Å². The van der Waals surface area contributed by atoms with Crippen LogP contribution in [0, 0.1) is 0 Å². The lowest BCUT2D eigenvalue weighted by atomic mass is 10.4. The topological polar surface area (TPSA) is 96.5 Å². The second-order valence-corrected chi connectivity index (χ2v) is 5.23. The molecule has 102 valence electrons. The SMILES string of the molecule is Nc1cccnc1S(=O)(=O)N(CCO)CC(F)F. The summed E-state index contributed by atoms with van der Waals surface area (Å²) in [5.41, 5.74) is 5.32. The van der Waals surface area contributed by atoms with Gasteiger partial charge in [-0.25, -0.2) is 22.2 Å². The second-order valence-electron chi connectivity index (χ2n) is 3.38. The Bertz CT molecular complexity index is 496. The van der Waals surface area contributed by atoms with Crippen LogP contribution in [0.15, 0.2) is 23.4 Å². The van der Waals surface area contributed by atoms with E-state index >= 15 is 0 Å². The number of aliphatic hydroxyl groups is 1. The first kappa shape index (κ1) is 14.7. The molecule has 0 fully saturated rings. The van der Waals surface area contributed by atoms with Crippen molar-refractivity contribution in [1.82, 2.24) is 9.29 Å². The Balaban J connectivity index is 3.13. The summed E-state index contributed by atoms with van der Waals surface area (Å²) in [5, 5.41) is 8.24. The zero-order valence-corrected chi connectivity index (χ0v) is 10.1. The molecule has 0 aromatic carbocycles. The number of hydrogen-bond acceptors (Lipinski definition) is 5. The Morgan fingerprint density at radius 3 is 2.67 bits per heavy atom. The number of halogens is 2. The molecule has 0 aliphatic heterocycles. The van der Waals surface area contributed by atoms with Gasteiger partial charge in [0, 0.05) is 12.7 Å². The van der Waals surface area contributed by atoms with Crippen LogP contribution in [-0.4, -0.2) is 48.9 Å². The van der Waals surface area contributed by atoms with Crippen molar-refractivity contribution in [2.24, 2.45) is 0 Å². The zero-order valence-electron chi connectivity index (χ0n) is 9.33. The molecule has 0 saturated heterocycles. The molecule has 6 nitrogen and oxygen atoms in total. The predicted molar refractivity (Wildman–Crippen MR) is 60.5 cm³/mol. The van der Waals surface area contributed by atoms with Crippen LogP contribution in [0.2, 0.25) is 0 Å². The van der Waals surface area contributed by atoms with E-state index in [2.05, 4.69) is 4.98 Å². The molecule has 0 amide bonds. The number of nitrogens with zero attached hydrogens (tertiary/aromatic N) is 2. The Hall–Kier alpha value is -1.32. The summed E-state index contributed by atoms with van der Waals surface area (Å²) < 4.78 is 49.1. The smallest absolute Gasteiger partial charge is 0.262 e. The first-order chi connectivity index (χ1) is 8.39. The largest absolute Gasteiger partial charge is 0.396 e. The van der Waals surface area contributed by atoms with E-state index in [4.69, 9.17) is 10.8 Å². The van der Waals surface area contributed by atoms with Gasteiger partial charge in [-0.2, -0.15) is 4.31 Å². The maximum absolute atomic E-state index is 12.3. The van der Waals surface area contributed by atoms with Gasteiger partial charge >= 0.3 is 0 Å². The molecule has 3 N–H and O–H groups in total. The van der Waals surface area contributed by atoms with Gasteiger partial charge in [0.05, 0.1) is 18.8 Å². The highest BCUT2D eigenvalue weighted by Crippen LogP contribution is 2.19. The van der Waals surface area contributed by atoms with E-state index in [0.29, 0.717) is 4.31 Å². The molecule has 0 atom stereocenters. The molecule has 1 rings (SSSR count). The third kappa shape index (κ3) is 3.34. The number of hydrogen-bond donors (Lipinski definition) is 2. The number of aliphatic hydroxyl groups excluding tert-OH is 1. The number of anilines is 1. The highest BCUT2D eigenvalue weighted by Gasteiger charge is 2.29. The summed E-state index contributed by atoms with van der Waals surface area (Å²) in [4.78, 5) is 3.58. The number of rotatable bonds is 6. The van der Waals surface area contributed by atoms with Crippen molar-refractivity contribution in [2.75, 3.05) is 25.4 Å². The molecule has 0 spiro atoms. The van der Waals surface area contributed by atoms with E-state index in [1.54, 1.807) is 0 Å². The van der Waals surface area contributed by atoms with Gasteiger partial charge in [-0.15, -0.1) is 0 Å². The average Bonchev–Trinajstić information content (AvgIpc) is 2.28. The number of aromatic nitrogens is 1. The van der Waals surface area contributed by atoms with Gasteiger partial charge in [-0.1, -0.05) is 0 Å². The van der Waals surface area contributed by atoms with Crippen molar-refractivity contribution in [3.05, 3.63) is 18.3 Å². The van der Waals surface area contributed by atoms with Gasteiger partial charge in [-0.05, 0) is 12.1 Å². The van der Waals surface area contributed by atoms with Crippen molar-refractivity contribution in [1.29, 1.82) is 0 Å². The predicted octanol–water partition coefficient (Wildman–Crippen LogP) is -0.0881. The lowest BCUT2D eigenvalue weighted by Gasteiger charge is -2.20. The summed E-state index contributed by atoms with van der Waals surface area (Å²) in [5.74, 6) is 0. The fourth-order valence-corrected chi connectivity index (χ4v) is 2.75. The number of nitrogen functional groups attached to an aromatic ring is 1. The molecule has 0 unspecified atom stereocenters. The van der Waals surface area contributed by atoms with E-state index in [-0.39, 0.29) is 5.69 Å². The number of alkyl halides is 2. The minimum absolute atomic E-state index is 0.130. The average molecular weight is 281 g/mol.